The topological polar surface area (TPSA) is 32.3 Å². The minimum Gasteiger partial charge on any atom is -0.353 e. The van der Waals surface area contributed by atoms with E-state index in [-0.39, 0.29) is 11.8 Å². The van der Waals surface area contributed by atoms with Crippen LogP contribution >= 0.6 is 0 Å². The van der Waals surface area contributed by atoms with Gasteiger partial charge in [-0.05, 0) is 25.5 Å². The van der Waals surface area contributed by atoms with Crippen LogP contribution in [0, 0.1) is 5.92 Å². The van der Waals surface area contributed by atoms with Gasteiger partial charge in [0.2, 0.25) is 5.91 Å². The van der Waals surface area contributed by atoms with Crippen LogP contribution in [0.3, 0.4) is 0 Å². The average molecular weight is 244 g/mol. The van der Waals surface area contributed by atoms with Gasteiger partial charge in [-0.3, -0.25) is 4.79 Å². The molecule has 2 atom stereocenters. The molecular weight excluding hydrogens is 224 g/mol. The summed E-state index contributed by atoms with van der Waals surface area (Å²) >= 11 is 0. The molecule has 1 aromatic rings. The summed E-state index contributed by atoms with van der Waals surface area (Å²) in [5.74, 6) is 0.698. The van der Waals surface area contributed by atoms with Crippen LogP contribution in [0.15, 0.2) is 30.3 Å². The average Bonchev–Trinajstić information content (AvgIpc) is 3.10. The lowest BCUT2D eigenvalue weighted by molar-refractivity contribution is -0.125. The lowest BCUT2D eigenvalue weighted by Gasteiger charge is -2.18. The van der Waals surface area contributed by atoms with E-state index < -0.39 is 0 Å². The van der Waals surface area contributed by atoms with Crippen LogP contribution in [0.2, 0.25) is 0 Å². The first kappa shape index (κ1) is 11.7. The fourth-order valence-corrected chi connectivity index (χ4v) is 2.84. The van der Waals surface area contributed by atoms with Crippen molar-refractivity contribution in [1.82, 2.24) is 10.2 Å². The standard InChI is InChI=1S/C15H20N2O/c1-17-9-13(11-5-3-2-4-6-11)14(10-17)15(18)16-12-7-8-12/h2-6,12-14H,7-10H2,1H3,(H,16,18)/t13-,14-/m0/s1. The summed E-state index contributed by atoms with van der Waals surface area (Å²) in [6, 6.07) is 10.9. The summed E-state index contributed by atoms with van der Waals surface area (Å²) in [5, 5.41) is 3.15. The molecule has 1 heterocycles. The first-order chi connectivity index (χ1) is 8.74. The van der Waals surface area contributed by atoms with Gasteiger partial charge in [0.05, 0.1) is 5.92 Å². The molecule has 2 aliphatic rings. The molecule has 3 heteroatoms. The number of nitrogens with one attached hydrogen (secondary N) is 1. The first-order valence-electron chi connectivity index (χ1n) is 6.78. The van der Waals surface area contributed by atoms with Crippen molar-refractivity contribution in [1.29, 1.82) is 0 Å². The summed E-state index contributed by atoms with van der Waals surface area (Å²) in [5.41, 5.74) is 1.29. The van der Waals surface area contributed by atoms with Crippen LogP contribution in [0.1, 0.15) is 24.3 Å². The molecule has 18 heavy (non-hydrogen) atoms. The van der Waals surface area contributed by atoms with Crippen LogP contribution < -0.4 is 5.32 Å². The molecule has 96 valence electrons. The maximum absolute atomic E-state index is 12.3. The number of likely N-dealkylation sites (N-methyl/N-ethyl adjacent to an activating group) is 1. The highest BCUT2D eigenvalue weighted by molar-refractivity contribution is 5.81. The highest BCUT2D eigenvalue weighted by atomic mass is 16.2. The van der Waals surface area contributed by atoms with Crippen molar-refractivity contribution in [2.24, 2.45) is 5.92 Å². The van der Waals surface area contributed by atoms with E-state index in [0.717, 1.165) is 25.9 Å². The summed E-state index contributed by atoms with van der Waals surface area (Å²) < 4.78 is 0. The summed E-state index contributed by atoms with van der Waals surface area (Å²) in [6.45, 7) is 1.85. The van der Waals surface area contributed by atoms with Gasteiger partial charge < -0.3 is 10.2 Å². The van der Waals surface area contributed by atoms with Crippen molar-refractivity contribution in [3.63, 3.8) is 0 Å². The first-order valence-corrected chi connectivity index (χ1v) is 6.78. The van der Waals surface area contributed by atoms with Crippen molar-refractivity contribution in [3.05, 3.63) is 35.9 Å². The van der Waals surface area contributed by atoms with Crippen molar-refractivity contribution in [3.8, 4) is 0 Å². The molecule has 1 aromatic carbocycles. The van der Waals surface area contributed by atoms with E-state index in [2.05, 4.69) is 41.5 Å². The third kappa shape index (κ3) is 2.41. The van der Waals surface area contributed by atoms with Crippen molar-refractivity contribution >= 4 is 5.91 Å². The molecule has 0 radical (unpaired) electrons. The largest absolute Gasteiger partial charge is 0.353 e. The summed E-state index contributed by atoms with van der Waals surface area (Å²) in [4.78, 5) is 14.5. The number of rotatable bonds is 3. The Labute approximate surface area is 108 Å². The van der Waals surface area contributed by atoms with E-state index in [1.165, 1.54) is 5.56 Å². The minimum atomic E-state index is 0.109. The Morgan fingerprint density at radius 3 is 2.61 bits per heavy atom. The third-order valence-electron chi connectivity index (χ3n) is 3.99. The molecule has 1 saturated carbocycles. The van der Waals surface area contributed by atoms with E-state index >= 15 is 0 Å². The molecule has 1 amide bonds. The van der Waals surface area contributed by atoms with Gasteiger partial charge in [0.15, 0.2) is 0 Å². The lowest BCUT2D eigenvalue weighted by atomic mass is 9.88. The van der Waals surface area contributed by atoms with Crippen molar-refractivity contribution in [2.75, 3.05) is 20.1 Å². The SMILES string of the molecule is CN1C[C@H](C(=O)NC2CC2)[C@H](c2ccccc2)C1. The smallest absolute Gasteiger partial charge is 0.225 e. The van der Waals surface area contributed by atoms with Gasteiger partial charge in [-0.25, -0.2) is 0 Å². The molecule has 0 aromatic heterocycles. The van der Waals surface area contributed by atoms with Crippen LogP contribution in [0.25, 0.3) is 0 Å². The summed E-state index contributed by atoms with van der Waals surface area (Å²) in [6.07, 6.45) is 2.31. The molecule has 0 bridgehead atoms. The Bertz CT molecular complexity index is 427. The number of hydrogen-bond donors (Lipinski definition) is 1. The number of amides is 1. The highest BCUT2D eigenvalue weighted by Crippen LogP contribution is 2.32. The third-order valence-corrected chi connectivity index (χ3v) is 3.99. The van der Waals surface area contributed by atoms with Crippen molar-refractivity contribution < 1.29 is 4.79 Å². The van der Waals surface area contributed by atoms with E-state index in [4.69, 9.17) is 0 Å². The Morgan fingerprint density at radius 2 is 1.94 bits per heavy atom. The Balaban J connectivity index is 1.76. The molecule has 0 unspecified atom stereocenters. The zero-order valence-corrected chi connectivity index (χ0v) is 10.8. The quantitative estimate of drug-likeness (QED) is 0.876. The van der Waals surface area contributed by atoms with E-state index in [0.29, 0.717) is 12.0 Å². The molecule has 1 aliphatic heterocycles. The zero-order valence-electron chi connectivity index (χ0n) is 10.8. The zero-order chi connectivity index (χ0) is 12.5. The molecule has 1 saturated heterocycles. The predicted molar refractivity (Wildman–Crippen MR) is 71.3 cm³/mol. The van der Waals surface area contributed by atoms with Gasteiger partial charge in [-0.15, -0.1) is 0 Å². The van der Waals surface area contributed by atoms with Gasteiger partial charge in [0, 0.05) is 25.0 Å². The second kappa shape index (κ2) is 4.73. The fraction of sp³-hybridized carbons (Fsp3) is 0.533. The van der Waals surface area contributed by atoms with E-state index in [1.807, 2.05) is 6.07 Å². The maximum atomic E-state index is 12.3. The molecular formula is C15H20N2O. The number of carbonyl (C=O) groups excluding carboxylic acids is 1. The molecule has 0 spiro atoms. The predicted octanol–water partition coefficient (Wildman–Crippen LogP) is 1.61. The fourth-order valence-electron chi connectivity index (χ4n) is 2.84. The number of carbonyl (C=O) groups is 1. The number of nitrogens with zero attached hydrogens (tertiary/aromatic N) is 1. The second-order valence-electron chi connectivity index (χ2n) is 5.63. The maximum Gasteiger partial charge on any atom is 0.225 e. The Morgan fingerprint density at radius 1 is 1.22 bits per heavy atom. The van der Waals surface area contributed by atoms with Crippen LogP contribution in [0.5, 0.6) is 0 Å². The molecule has 3 rings (SSSR count). The van der Waals surface area contributed by atoms with Crippen LogP contribution in [-0.2, 0) is 4.79 Å². The van der Waals surface area contributed by atoms with Gasteiger partial charge >= 0.3 is 0 Å². The van der Waals surface area contributed by atoms with E-state index in [9.17, 15) is 4.79 Å². The lowest BCUT2D eigenvalue weighted by Crippen LogP contribution is -2.35. The monoisotopic (exact) mass is 244 g/mol. The number of hydrogen-bond acceptors (Lipinski definition) is 2. The van der Waals surface area contributed by atoms with Gasteiger partial charge in [-0.2, -0.15) is 0 Å². The molecule has 2 fully saturated rings. The molecule has 1 aliphatic carbocycles. The van der Waals surface area contributed by atoms with Gasteiger partial charge in [0.25, 0.3) is 0 Å². The molecule has 1 N–H and O–H groups in total. The van der Waals surface area contributed by atoms with E-state index in [1.54, 1.807) is 0 Å². The summed E-state index contributed by atoms with van der Waals surface area (Å²) in [7, 11) is 2.10. The van der Waals surface area contributed by atoms with Gasteiger partial charge in [0.1, 0.15) is 0 Å². The highest BCUT2D eigenvalue weighted by Gasteiger charge is 2.38. The molecule has 3 nitrogen and oxygen atoms in total. The second-order valence-corrected chi connectivity index (χ2v) is 5.63. The van der Waals surface area contributed by atoms with Crippen molar-refractivity contribution in [2.45, 2.75) is 24.8 Å². The Kier molecular flexibility index (Phi) is 3.08. The van der Waals surface area contributed by atoms with Crippen LogP contribution in [-0.4, -0.2) is 37.0 Å². The number of likely N-dealkylation sites (tertiary alicyclic amines) is 1. The normalized spacial score (nSPS) is 28.3. The Hall–Kier alpha value is -1.35. The van der Waals surface area contributed by atoms with Gasteiger partial charge in [-0.1, -0.05) is 30.3 Å². The number of benzene rings is 1. The minimum absolute atomic E-state index is 0.109. The van der Waals surface area contributed by atoms with Crippen LogP contribution in [0.4, 0.5) is 0 Å².